The van der Waals surface area contributed by atoms with E-state index in [1.165, 1.54) is 21.3 Å². The van der Waals surface area contributed by atoms with Gasteiger partial charge in [0.25, 0.3) is 5.22 Å². The van der Waals surface area contributed by atoms with Crippen molar-refractivity contribution in [2.45, 2.75) is 37.5 Å². The second-order valence-corrected chi connectivity index (χ2v) is 10.7. The van der Waals surface area contributed by atoms with Crippen molar-refractivity contribution in [3.8, 4) is 28.7 Å². The number of methoxy groups -OCH3 is 3. The van der Waals surface area contributed by atoms with E-state index in [-0.39, 0.29) is 40.3 Å². The summed E-state index contributed by atoms with van der Waals surface area (Å²) in [7, 11) is 1.47. The van der Waals surface area contributed by atoms with Crippen molar-refractivity contribution in [1.82, 2.24) is 15.1 Å². The molecule has 1 aromatic carbocycles. The van der Waals surface area contributed by atoms with Gasteiger partial charge in [0.05, 0.1) is 38.6 Å². The highest BCUT2D eigenvalue weighted by molar-refractivity contribution is 7.99. The molecule has 0 N–H and O–H groups in total. The zero-order chi connectivity index (χ0) is 24.0. The van der Waals surface area contributed by atoms with Crippen molar-refractivity contribution in [3.05, 3.63) is 12.1 Å². The van der Waals surface area contributed by atoms with Gasteiger partial charge in [-0.15, -0.1) is 10.2 Å². The van der Waals surface area contributed by atoms with Gasteiger partial charge in [-0.3, -0.25) is 4.79 Å². The standard InChI is InChI=1S/C21H29N3O7S2/c1-5-6-8-24(15-7-9-33(26,27)13-15)18(25)12-32-21-23-22-20(31-21)14-10-16(28-2)19(30-4)17(11-14)29-3/h10-11,15H,5-9,12-13H2,1-4H3. The molecule has 2 heterocycles. The quantitative estimate of drug-likeness (QED) is 0.427. The second kappa shape index (κ2) is 11.1. The van der Waals surface area contributed by atoms with Gasteiger partial charge >= 0.3 is 0 Å². The van der Waals surface area contributed by atoms with Gasteiger partial charge in [-0.05, 0) is 25.0 Å². The Morgan fingerprint density at radius 2 is 1.88 bits per heavy atom. The molecule has 3 rings (SSSR count). The third kappa shape index (κ3) is 6.11. The van der Waals surface area contributed by atoms with E-state index in [2.05, 4.69) is 10.2 Å². The minimum Gasteiger partial charge on any atom is -0.493 e. The van der Waals surface area contributed by atoms with Gasteiger partial charge in [0.1, 0.15) is 0 Å². The summed E-state index contributed by atoms with van der Waals surface area (Å²) < 4.78 is 45.5. The summed E-state index contributed by atoms with van der Waals surface area (Å²) in [5.41, 5.74) is 0.580. The summed E-state index contributed by atoms with van der Waals surface area (Å²) in [6, 6.07) is 3.12. The first-order chi connectivity index (χ1) is 15.8. The molecule has 12 heteroatoms. The van der Waals surface area contributed by atoms with Gasteiger partial charge in [-0.2, -0.15) is 0 Å². The Labute approximate surface area is 197 Å². The Bertz CT molecular complexity index is 1050. The summed E-state index contributed by atoms with van der Waals surface area (Å²) in [6.45, 7) is 2.57. The minimum atomic E-state index is -3.08. The summed E-state index contributed by atoms with van der Waals surface area (Å²) in [5.74, 6) is 1.69. The first-order valence-electron chi connectivity index (χ1n) is 10.6. The number of hydrogen-bond acceptors (Lipinski definition) is 10. The van der Waals surface area contributed by atoms with Crippen molar-refractivity contribution in [2.24, 2.45) is 0 Å². The lowest BCUT2D eigenvalue weighted by atomic mass is 10.2. The number of benzene rings is 1. The molecule has 1 aliphatic heterocycles. The van der Waals surface area contributed by atoms with Crippen molar-refractivity contribution in [3.63, 3.8) is 0 Å². The molecule has 0 bridgehead atoms. The number of unbranched alkanes of at least 4 members (excludes halogenated alkanes) is 1. The van der Waals surface area contributed by atoms with Crippen LogP contribution in [0.15, 0.2) is 21.8 Å². The van der Waals surface area contributed by atoms with Gasteiger partial charge in [0.2, 0.25) is 17.5 Å². The highest BCUT2D eigenvalue weighted by Gasteiger charge is 2.34. The minimum absolute atomic E-state index is 0.0267. The maximum absolute atomic E-state index is 12.9. The van der Waals surface area contributed by atoms with Gasteiger partial charge in [0, 0.05) is 18.2 Å². The molecule has 0 spiro atoms. The van der Waals surface area contributed by atoms with Crippen LogP contribution in [-0.2, 0) is 14.6 Å². The fraction of sp³-hybridized carbons (Fsp3) is 0.571. The molecular formula is C21H29N3O7S2. The molecule has 33 heavy (non-hydrogen) atoms. The molecule has 1 saturated heterocycles. The predicted octanol–water partition coefficient (Wildman–Crippen LogP) is 2.67. The number of carbonyl (C=O) groups is 1. The number of hydrogen-bond donors (Lipinski definition) is 0. The van der Waals surface area contributed by atoms with Crippen molar-refractivity contribution in [2.75, 3.05) is 45.1 Å². The van der Waals surface area contributed by atoms with E-state index >= 15 is 0 Å². The third-order valence-electron chi connectivity index (χ3n) is 5.36. The van der Waals surface area contributed by atoms with Gasteiger partial charge in [-0.25, -0.2) is 8.42 Å². The summed E-state index contributed by atoms with van der Waals surface area (Å²) in [5, 5.41) is 8.33. The van der Waals surface area contributed by atoms with Gasteiger partial charge in [0.15, 0.2) is 21.3 Å². The molecule has 0 radical (unpaired) electrons. The number of nitrogens with zero attached hydrogens (tertiary/aromatic N) is 3. The smallest absolute Gasteiger partial charge is 0.277 e. The average molecular weight is 500 g/mol. The molecule has 1 atom stereocenters. The van der Waals surface area contributed by atoms with E-state index in [4.69, 9.17) is 18.6 Å². The number of sulfone groups is 1. The van der Waals surface area contributed by atoms with Crippen LogP contribution in [0.5, 0.6) is 17.2 Å². The molecule has 1 amide bonds. The third-order valence-corrected chi connectivity index (χ3v) is 7.91. The van der Waals surface area contributed by atoms with Crippen LogP contribution in [0, 0.1) is 0 Å². The van der Waals surface area contributed by atoms with Crippen molar-refractivity contribution < 1.29 is 31.8 Å². The lowest BCUT2D eigenvalue weighted by molar-refractivity contribution is -0.130. The molecule has 1 unspecified atom stereocenters. The Hall–Kier alpha value is -2.47. The zero-order valence-electron chi connectivity index (χ0n) is 19.2. The fourth-order valence-electron chi connectivity index (χ4n) is 3.66. The number of thioether (sulfide) groups is 1. The lowest BCUT2D eigenvalue weighted by Gasteiger charge is -2.28. The van der Waals surface area contributed by atoms with Crippen LogP contribution in [0.4, 0.5) is 0 Å². The summed E-state index contributed by atoms with van der Waals surface area (Å²) >= 11 is 1.12. The molecule has 182 valence electrons. The highest BCUT2D eigenvalue weighted by atomic mass is 32.2. The molecule has 10 nitrogen and oxygen atoms in total. The number of aromatic nitrogens is 2. The van der Waals surface area contributed by atoms with E-state index < -0.39 is 9.84 Å². The molecular weight excluding hydrogens is 470 g/mol. The Morgan fingerprint density at radius 1 is 1.18 bits per heavy atom. The Balaban J connectivity index is 1.70. The normalized spacial score (nSPS) is 17.0. The summed E-state index contributed by atoms with van der Waals surface area (Å²) in [4.78, 5) is 14.6. The van der Waals surface area contributed by atoms with Crippen LogP contribution in [0.2, 0.25) is 0 Å². The maximum atomic E-state index is 12.9. The van der Waals surface area contributed by atoms with Crippen molar-refractivity contribution >= 4 is 27.5 Å². The number of rotatable bonds is 11. The number of carbonyl (C=O) groups excluding carboxylic acids is 1. The number of amides is 1. The molecule has 1 aliphatic rings. The van der Waals surface area contributed by atoms with E-state index in [1.807, 2.05) is 6.92 Å². The van der Waals surface area contributed by atoms with Crippen molar-refractivity contribution in [1.29, 1.82) is 0 Å². The monoisotopic (exact) mass is 499 g/mol. The van der Waals surface area contributed by atoms with Crippen LogP contribution < -0.4 is 14.2 Å². The highest BCUT2D eigenvalue weighted by Crippen LogP contribution is 2.41. The van der Waals surface area contributed by atoms with Gasteiger partial charge < -0.3 is 23.5 Å². The molecule has 0 aliphatic carbocycles. The topological polar surface area (TPSA) is 121 Å². The van der Waals surface area contributed by atoms with Gasteiger partial charge in [-0.1, -0.05) is 25.1 Å². The lowest BCUT2D eigenvalue weighted by Crippen LogP contribution is -2.42. The fourth-order valence-corrected chi connectivity index (χ4v) is 6.04. The van der Waals surface area contributed by atoms with E-state index in [0.29, 0.717) is 35.8 Å². The summed E-state index contributed by atoms with van der Waals surface area (Å²) in [6.07, 6.45) is 2.21. The van der Waals surface area contributed by atoms with Crippen LogP contribution in [0.3, 0.4) is 0 Å². The van der Waals surface area contributed by atoms with Crippen LogP contribution in [-0.4, -0.2) is 80.6 Å². The Kier molecular flexibility index (Phi) is 8.46. The maximum Gasteiger partial charge on any atom is 0.277 e. The zero-order valence-corrected chi connectivity index (χ0v) is 20.8. The molecule has 1 fully saturated rings. The first-order valence-corrected chi connectivity index (χ1v) is 13.4. The van der Waals surface area contributed by atoms with Crippen LogP contribution in [0.25, 0.3) is 11.5 Å². The second-order valence-electron chi connectivity index (χ2n) is 7.57. The first kappa shape index (κ1) is 25.2. The average Bonchev–Trinajstić information content (AvgIpc) is 3.43. The SMILES string of the molecule is CCCCN(C(=O)CSc1nnc(-c2cc(OC)c(OC)c(OC)c2)o1)C1CCS(=O)(=O)C1. The largest absolute Gasteiger partial charge is 0.493 e. The molecule has 2 aromatic rings. The molecule has 0 saturated carbocycles. The Morgan fingerprint density at radius 3 is 2.42 bits per heavy atom. The predicted molar refractivity (Wildman–Crippen MR) is 124 cm³/mol. The van der Waals surface area contributed by atoms with Crippen LogP contribution in [0.1, 0.15) is 26.2 Å². The van der Waals surface area contributed by atoms with E-state index in [9.17, 15) is 13.2 Å². The van der Waals surface area contributed by atoms with E-state index in [1.54, 1.807) is 17.0 Å². The van der Waals surface area contributed by atoms with E-state index in [0.717, 1.165) is 24.6 Å². The number of ether oxygens (including phenoxy) is 3. The van der Waals surface area contributed by atoms with Crippen LogP contribution >= 0.6 is 11.8 Å². The molecule has 1 aromatic heterocycles.